The van der Waals surface area contributed by atoms with Crippen molar-refractivity contribution in [2.75, 3.05) is 25.0 Å². The molecule has 2 aromatic heterocycles. The molecule has 4 aromatic rings. The maximum Gasteiger partial charge on any atom is 0.208 e. The standard InChI is InChI=1S/C31H37FN6O2/c1-19(2)27-14-22(6-8-28(27)32)35-31-36-29-15-25(7-9-30(29)37(31)5)40-26-10-11-33-23(13-26)12-24(39)18-38-16-20(3)34-21(4)17-38/h6-11,13-15,19-21,34H,12,16-18H2,1-5H3,(H,35,36)/t20-,21+. The number of pyridine rings is 1. The number of aromatic nitrogens is 3. The van der Waals surface area contributed by atoms with E-state index in [0.717, 1.165) is 29.8 Å². The van der Waals surface area contributed by atoms with E-state index in [9.17, 15) is 9.18 Å². The molecule has 8 nitrogen and oxygen atoms in total. The van der Waals surface area contributed by atoms with Gasteiger partial charge in [-0.2, -0.15) is 0 Å². The first-order chi connectivity index (χ1) is 19.1. The van der Waals surface area contributed by atoms with Gasteiger partial charge in [-0.15, -0.1) is 0 Å². The van der Waals surface area contributed by atoms with Crippen molar-refractivity contribution in [2.45, 2.75) is 52.1 Å². The van der Waals surface area contributed by atoms with Crippen LogP contribution in [0.1, 0.15) is 44.9 Å². The normalized spacial score (nSPS) is 17.9. The number of fused-ring (bicyclic) bond motifs is 1. The van der Waals surface area contributed by atoms with Crippen molar-refractivity contribution in [1.82, 2.24) is 24.8 Å². The van der Waals surface area contributed by atoms with Crippen LogP contribution in [-0.2, 0) is 18.3 Å². The van der Waals surface area contributed by atoms with Crippen LogP contribution in [-0.4, -0.2) is 56.9 Å². The topological polar surface area (TPSA) is 84.3 Å². The van der Waals surface area contributed by atoms with Gasteiger partial charge in [-0.1, -0.05) is 13.8 Å². The number of nitrogens with one attached hydrogen (secondary N) is 2. The first-order valence-corrected chi connectivity index (χ1v) is 13.8. The van der Waals surface area contributed by atoms with Crippen LogP contribution in [0.25, 0.3) is 11.0 Å². The second kappa shape index (κ2) is 11.7. The molecule has 0 aliphatic carbocycles. The first kappa shape index (κ1) is 27.7. The third-order valence-corrected chi connectivity index (χ3v) is 7.16. The summed E-state index contributed by atoms with van der Waals surface area (Å²) in [4.78, 5) is 24.1. The zero-order chi connectivity index (χ0) is 28.4. The van der Waals surface area contributed by atoms with Gasteiger partial charge in [0.05, 0.1) is 29.7 Å². The number of hydrogen-bond donors (Lipinski definition) is 2. The summed E-state index contributed by atoms with van der Waals surface area (Å²) in [6.45, 7) is 10.4. The molecule has 5 rings (SSSR count). The SMILES string of the molecule is CC(C)c1cc(Nc2nc3cc(Oc4ccnc(CC(=O)CN5C[C@@H](C)N[C@@H](C)C5)c4)ccc3n2C)ccc1F. The Morgan fingerprint density at radius 2 is 1.85 bits per heavy atom. The van der Waals surface area contributed by atoms with Crippen molar-refractivity contribution in [3.8, 4) is 11.5 Å². The molecule has 1 saturated heterocycles. The number of Topliss-reactive ketones (excluding diaryl/α,β-unsaturated/α-hetero) is 1. The molecular weight excluding hydrogens is 507 g/mol. The number of halogens is 1. The van der Waals surface area contributed by atoms with Crippen LogP contribution in [0.2, 0.25) is 0 Å². The minimum absolute atomic E-state index is 0.0774. The van der Waals surface area contributed by atoms with E-state index in [4.69, 9.17) is 9.72 Å². The second-order valence-corrected chi connectivity index (χ2v) is 11.1. The van der Waals surface area contributed by atoms with Gasteiger partial charge in [-0.05, 0) is 61.7 Å². The van der Waals surface area contributed by atoms with Gasteiger partial charge in [0.25, 0.3) is 0 Å². The highest BCUT2D eigenvalue weighted by atomic mass is 19.1. The maximum atomic E-state index is 14.2. The summed E-state index contributed by atoms with van der Waals surface area (Å²) in [5.74, 6) is 1.90. The summed E-state index contributed by atoms with van der Waals surface area (Å²) in [5, 5.41) is 6.80. The molecule has 9 heteroatoms. The molecule has 0 spiro atoms. The Hall–Kier alpha value is -3.82. The minimum Gasteiger partial charge on any atom is -0.457 e. The summed E-state index contributed by atoms with van der Waals surface area (Å²) < 4.78 is 22.2. The molecule has 0 radical (unpaired) electrons. The Labute approximate surface area is 234 Å². The van der Waals surface area contributed by atoms with Crippen molar-refractivity contribution < 1.29 is 13.9 Å². The zero-order valence-electron chi connectivity index (χ0n) is 23.7. The first-order valence-electron chi connectivity index (χ1n) is 13.8. The number of rotatable bonds is 9. The lowest BCUT2D eigenvalue weighted by molar-refractivity contribution is -0.120. The Morgan fingerprint density at radius 1 is 1.10 bits per heavy atom. The van der Waals surface area contributed by atoms with Crippen molar-refractivity contribution in [1.29, 1.82) is 0 Å². The van der Waals surface area contributed by atoms with E-state index in [2.05, 4.69) is 34.4 Å². The molecule has 2 aromatic carbocycles. The lowest BCUT2D eigenvalue weighted by Gasteiger charge is -2.35. The molecular formula is C31H37FN6O2. The van der Waals surface area contributed by atoms with Gasteiger partial charge >= 0.3 is 0 Å². The summed E-state index contributed by atoms with van der Waals surface area (Å²) in [5.41, 5.74) is 3.81. The Kier molecular flexibility index (Phi) is 8.14. The number of carbonyl (C=O) groups excluding carboxylic acids is 1. The largest absolute Gasteiger partial charge is 0.457 e. The minimum atomic E-state index is -0.209. The van der Waals surface area contributed by atoms with Crippen molar-refractivity contribution in [3.05, 3.63) is 71.8 Å². The van der Waals surface area contributed by atoms with Crippen LogP contribution in [0.15, 0.2) is 54.7 Å². The molecule has 0 unspecified atom stereocenters. The summed E-state index contributed by atoms with van der Waals surface area (Å²) in [6, 6.07) is 15.1. The number of ether oxygens (including phenoxy) is 1. The average molecular weight is 545 g/mol. The molecule has 40 heavy (non-hydrogen) atoms. The number of aryl methyl sites for hydroxylation is 1. The van der Waals surface area contributed by atoms with Gasteiger partial charge in [0.2, 0.25) is 5.95 Å². The predicted octanol–water partition coefficient (Wildman–Crippen LogP) is 5.56. The molecule has 2 atom stereocenters. The highest BCUT2D eigenvalue weighted by Gasteiger charge is 2.22. The van der Waals surface area contributed by atoms with E-state index >= 15 is 0 Å². The van der Waals surface area contributed by atoms with E-state index < -0.39 is 0 Å². The third kappa shape index (κ3) is 6.48. The fraction of sp³-hybridized carbons (Fsp3) is 0.387. The number of piperazine rings is 1. The van der Waals surface area contributed by atoms with Crippen molar-refractivity contribution in [2.24, 2.45) is 7.05 Å². The van der Waals surface area contributed by atoms with E-state index in [0.29, 0.717) is 47.3 Å². The molecule has 2 N–H and O–H groups in total. The van der Waals surface area contributed by atoms with E-state index in [1.807, 2.05) is 55.8 Å². The third-order valence-electron chi connectivity index (χ3n) is 7.16. The van der Waals surface area contributed by atoms with Crippen LogP contribution in [0, 0.1) is 5.82 Å². The number of carbonyl (C=O) groups is 1. The molecule has 3 heterocycles. The molecule has 1 aliphatic rings. The monoisotopic (exact) mass is 544 g/mol. The van der Waals surface area contributed by atoms with Crippen LogP contribution >= 0.6 is 0 Å². The van der Waals surface area contributed by atoms with E-state index in [1.54, 1.807) is 18.3 Å². The van der Waals surface area contributed by atoms with Gasteiger partial charge in [0.15, 0.2) is 5.78 Å². The Morgan fingerprint density at radius 3 is 2.60 bits per heavy atom. The van der Waals surface area contributed by atoms with Gasteiger partial charge in [-0.3, -0.25) is 14.7 Å². The summed E-state index contributed by atoms with van der Waals surface area (Å²) in [6.07, 6.45) is 1.93. The smallest absolute Gasteiger partial charge is 0.208 e. The molecule has 0 saturated carbocycles. The molecule has 1 aliphatic heterocycles. The number of benzene rings is 2. The van der Waals surface area contributed by atoms with Crippen molar-refractivity contribution >= 4 is 28.5 Å². The fourth-order valence-corrected chi connectivity index (χ4v) is 5.38. The lowest BCUT2D eigenvalue weighted by Crippen LogP contribution is -2.55. The average Bonchev–Trinajstić information content (AvgIpc) is 3.18. The molecule has 0 amide bonds. The summed E-state index contributed by atoms with van der Waals surface area (Å²) >= 11 is 0. The second-order valence-electron chi connectivity index (χ2n) is 11.1. The number of imidazole rings is 1. The van der Waals surface area contributed by atoms with Crippen LogP contribution in [0.4, 0.5) is 16.0 Å². The van der Waals surface area contributed by atoms with Crippen LogP contribution in [0.3, 0.4) is 0 Å². The quantitative estimate of drug-likeness (QED) is 0.285. The van der Waals surface area contributed by atoms with Gasteiger partial charge in [0.1, 0.15) is 17.3 Å². The Bertz CT molecular complexity index is 1510. The maximum absolute atomic E-state index is 14.2. The number of nitrogens with zero attached hydrogens (tertiary/aromatic N) is 4. The Balaban J connectivity index is 1.26. The highest BCUT2D eigenvalue weighted by Crippen LogP contribution is 2.29. The van der Waals surface area contributed by atoms with Crippen molar-refractivity contribution in [3.63, 3.8) is 0 Å². The van der Waals surface area contributed by atoms with E-state index in [-0.39, 0.29) is 23.9 Å². The number of ketones is 1. The number of hydrogen-bond acceptors (Lipinski definition) is 7. The molecule has 0 bridgehead atoms. The molecule has 210 valence electrons. The van der Waals surface area contributed by atoms with Gasteiger partial charge < -0.3 is 19.9 Å². The molecule has 1 fully saturated rings. The van der Waals surface area contributed by atoms with E-state index in [1.165, 1.54) is 6.07 Å². The van der Waals surface area contributed by atoms with Crippen LogP contribution in [0.5, 0.6) is 11.5 Å². The zero-order valence-corrected chi connectivity index (χ0v) is 23.7. The highest BCUT2D eigenvalue weighted by molar-refractivity contribution is 5.83. The fourth-order valence-electron chi connectivity index (χ4n) is 5.38. The predicted molar refractivity (Wildman–Crippen MR) is 156 cm³/mol. The van der Waals surface area contributed by atoms with Gasteiger partial charge in [0, 0.05) is 56.2 Å². The number of anilines is 2. The van der Waals surface area contributed by atoms with Crippen LogP contribution < -0.4 is 15.4 Å². The summed E-state index contributed by atoms with van der Waals surface area (Å²) in [7, 11) is 1.93. The lowest BCUT2D eigenvalue weighted by atomic mass is 10.0. The van der Waals surface area contributed by atoms with Gasteiger partial charge in [-0.25, -0.2) is 9.37 Å².